The number of amides is 2. The molecule has 0 fully saturated rings. The van der Waals surface area contributed by atoms with Crippen LogP contribution in [0.15, 0.2) is 73.2 Å². The van der Waals surface area contributed by atoms with Gasteiger partial charge >= 0.3 is 12.1 Å². The molecule has 0 aliphatic rings. The fourth-order valence-electron chi connectivity index (χ4n) is 4.06. The average Bonchev–Trinajstić information content (AvgIpc) is 3.39. The molecule has 4 N–H and O–H groups in total. The van der Waals surface area contributed by atoms with E-state index >= 15 is 0 Å². The third-order valence-corrected chi connectivity index (χ3v) is 6.01. The minimum Gasteiger partial charge on any atom is -0.468 e. The molecule has 3 aromatic rings. The molecule has 11 nitrogen and oxygen atoms in total. The molecule has 3 atom stereocenters. The molecule has 1 heterocycles. The van der Waals surface area contributed by atoms with Gasteiger partial charge in [0.25, 0.3) is 5.91 Å². The van der Waals surface area contributed by atoms with Gasteiger partial charge in [-0.3, -0.25) is 19.0 Å². The number of aromatic nitrogens is 2. The second-order valence-electron chi connectivity index (χ2n) is 10.6. The van der Waals surface area contributed by atoms with Gasteiger partial charge in [0.15, 0.2) is 0 Å². The number of ether oxygens (including phenoxy) is 2. The SMILES string of the molecule is COC(=O)[C@@H](N)Cc1cn(C(=O)[C@H](Cc2ccccc2)NC(=O)[C@H](Cc2ccccc2)NC(=O)OC(C)(C)C)cn1. The molecule has 1 aromatic heterocycles. The summed E-state index contributed by atoms with van der Waals surface area (Å²) in [6, 6.07) is 15.5. The van der Waals surface area contributed by atoms with Crippen molar-refractivity contribution in [2.45, 2.75) is 63.8 Å². The summed E-state index contributed by atoms with van der Waals surface area (Å²) in [7, 11) is 1.24. The summed E-state index contributed by atoms with van der Waals surface area (Å²) < 4.78 is 11.3. The molecule has 0 radical (unpaired) electrons. The van der Waals surface area contributed by atoms with E-state index in [4.69, 9.17) is 10.5 Å². The first-order chi connectivity index (χ1) is 19.4. The van der Waals surface area contributed by atoms with Crippen LogP contribution in [0.3, 0.4) is 0 Å². The summed E-state index contributed by atoms with van der Waals surface area (Å²) >= 11 is 0. The van der Waals surface area contributed by atoms with Gasteiger partial charge in [-0.25, -0.2) is 9.78 Å². The van der Waals surface area contributed by atoms with Gasteiger partial charge in [-0.1, -0.05) is 60.7 Å². The number of imidazole rings is 1. The fourth-order valence-corrected chi connectivity index (χ4v) is 4.06. The number of carbonyl (C=O) groups excluding carboxylic acids is 4. The standard InChI is InChI=1S/C30H37N5O6/c1-30(2,3)41-29(39)34-24(15-20-11-7-5-8-12-20)26(36)33-25(16-21-13-9-6-10-14-21)27(37)35-18-22(32-19-35)17-23(31)28(38)40-4/h5-14,18-19,23-25H,15-17,31H2,1-4H3,(H,33,36)(H,34,39)/t23-,24-,25-/m0/s1. The van der Waals surface area contributed by atoms with Gasteiger partial charge in [0.1, 0.15) is 30.1 Å². The van der Waals surface area contributed by atoms with Gasteiger partial charge < -0.3 is 25.8 Å². The lowest BCUT2D eigenvalue weighted by Gasteiger charge is -2.25. The van der Waals surface area contributed by atoms with E-state index in [0.717, 1.165) is 11.1 Å². The van der Waals surface area contributed by atoms with Crippen LogP contribution in [-0.2, 0) is 38.3 Å². The number of esters is 1. The van der Waals surface area contributed by atoms with Crippen molar-refractivity contribution >= 4 is 23.9 Å². The second-order valence-corrected chi connectivity index (χ2v) is 10.6. The smallest absolute Gasteiger partial charge is 0.408 e. The van der Waals surface area contributed by atoms with Crippen molar-refractivity contribution in [3.8, 4) is 0 Å². The summed E-state index contributed by atoms with van der Waals surface area (Å²) in [5.41, 5.74) is 7.12. The first-order valence-electron chi connectivity index (χ1n) is 13.2. The summed E-state index contributed by atoms with van der Waals surface area (Å²) in [6.45, 7) is 5.18. The Labute approximate surface area is 239 Å². The highest BCUT2D eigenvalue weighted by molar-refractivity contribution is 5.92. The van der Waals surface area contributed by atoms with Crippen molar-refractivity contribution in [1.82, 2.24) is 20.2 Å². The Morgan fingerprint density at radius 1 is 0.878 bits per heavy atom. The average molecular weight is 564 g/mol. The highest BCUT2D eigenvalue weighted by Gasteiger charge is 2.30. The lowest BCUT2D eigenvalue weighted by Crippen LogP contribution is -2.54. The minimum absolute atomic E-state index is 0.0711. The maximum atomic E-state index is 13.6. The largest absolute Gasteiger partial charge is 0.468 e. The highest BCUT2D eigenvalue weighted by Crippen LogP contribution is 2.11. The summed E-state index contributed by atoms with van der Waals surface area (Å²) in [4.78, 5) is 55.8. The van der Waals surface area contributed by atoms with Crippen molar-refractivity contribution in [2.24, 2.45) is 5.73 Å². The second kappa shape index (κ2) is 14.2. The van der Waals surface area contributed by atoms with Crippen molar-refractivity contribution in [1.29, 1.82) is 0 Å². The Bertz CT molecular complexity index is 1320. The van der Waals surface area contributed by atoms with Crippen LogP contribution < -0.4 is 16.4 Å². The van der Waals surface area contributed by atoms with Crippen LogP contribution in [0.5, 0.6) is 0 Å². The molecule has 0 saturated heterocycles. The number of nitrogens with two attached hydrogens (primary N) is 1. The molecule has 0 aliphatic carbocycles. The lowest BCUT2D eigenvalue weighted by molar-refractivity contribution is -0.142. The predicted molar refractivity (Wildman–Crippen MR) is 152 cm³/mol. The molecule has 3 rings (SSSR count). The van der Waals surface area contributed by atoms with E-state index in [1.54, 1.807) is 20.8 Å². The van der Waals surface area contributed by atoms with Crippen molar-refractivity contribution in [3.63, 3.8) is 0 Å². The normalized spacial score (nSPS) is 13.4. The Kier molecular flexibility index (Phi) is 10.8. The number of hydrogen-bond donors (Lipinski definition) is 3. The van der Waals surface area contributed by atoms with Crippen molar-refractivity contribution in [2.75, 3.05) is 7.11 Å². The van der Waals surface area contributed by atoms with Crippen LogP contribution in [0.25, 0.3) is 0 Å². The molecule has 0 spiro atoms. The molecule has 11 heteroatoms. The number of rotatable bonds is 11. The van der Waals surface area contributed by atoms with Crippen LogP contribution in [0.1, 0.15) is 42.4 Å². The molecule has 0 saturated carbocycles. The van der Waals surface area contributed by atoms with Gasteiger partial charge in [0.2, 0.25) is 5.91 Å². The Hall–Kier alpha value is -4.51. The number of carbonyl (C=O) groups is 4. The first kappa shape index (κ1) is 31.0. The summed E-state index contributed by atoms with van der Waals surface area (Å²) in [6.07, 6.45) is 2.47. The molecular formula is C30H37N5O6. The summed E-state index contributed by atoms with van der Waals surface area (Å²) in [5, 5.41) is 5.47. The molecule has 218 valence electrons. The monoisotopic (exact) mass is 563 g/mol. The quantitative estimate of drug-likeness (QED) is 0.301. The van der Waals surface area contributed by atoms with E-state index in [9.17, 15) is 19.2 Å². The third kappa shape index (κ3) is 9.87. The number of nitrogens with one attached hydrogen (secondary N) is 2. The zero-order valence-corrected chi connectivity index (χ0v) is 23.7. The Morgan fingerprint density at radius 2 is 1.44 bits per heavy atom. The third-order valence-electron chi connectivity index (χ3n) is 6.01. The number of hydrogen-bond acceptors (Lipinski definition) is 8. The number of nitrogens with zero attached hydrogens (tertiary/aromatic N) is 2. The van der Waals surface area contributed by atoms with E-state index in [1.807, 2.05) is 60.7 Å². The van der Waals surface area contributed by atoms with Crippen molar-refractivity contribution in [3.05, 3.63) is 90.0 Å². The number of benzene rings is 2. The number of methoxy groups -OCH3 is 1. The van der Waals surface area contributed by atoms with Crippen LogP contribution in [0.2, 0.25) is 0 Å². The Morgan fingerprint density at radius 3 is 1.98 bits per heavy atom. The van der Waals surface area contributed by atoms with E-state index in [2.05, 4.69) is 20.4 Å². The van der Waals surface area contributed by atoms with Crippen LogP contribution in [-0.4, -0.2) is 64.3 Å². The summed E-state index contributed by atoms with van der Waals surface area (Å²) in [5.74, 6) is -1.60. The fraction of sp³-hybridized carbons (Fsp3) is 0.367. The maximum absolute atomic E-state index is 13.6. The molecule has 2 amide bonds. The van der Waals surface area contributed by atoms with E-state index < -0.39 is 47.6 Å². The number of alkyl carbamates (subject to hydrolysis) is 1. The van der Waals surface area contributed by atoms with Crippen LogP contribution >= 0.6 is 0 Å². The predicted octanol–water partition coefficient (Wildman–Crippen LogP) is 2.43. The van der Waals surface area contributed by atoms with Gasteiger partial charge in [-0.2, -0.15) is 0 Å². The van der Waals surface area contributed by atoms with Gasteiger partial charge in [0.05, 0.1) is 12.8 Å². The molecule has 0 bridgehead atoms. The minimum atomic E-state index is -1.02. The molecule has 2 aromatic carbocycles. The van der Waals surface area contributed by atoms with E-state index in [1.165, 1.54) is 24.2 Å². The molecule has 41 heavy (non-hydrogen) atoms. The van der Waals surface area contributed by atoms with Crippen LogP contribution in [0, 0.1) is 0 Å². The molecular weight excluding hydrogens is 526 g/mol. The molecule has 0 aliphatic heterocycles. The van der Waals surface area contributed by atoms with Gasteiger partial charge in [-0.15, -0.1) is 0 Å². The topological polar surface area (TPSA) is 155 Å². The zero-order valence-electron chi connectivity index (χ0n) is 23.7. The van der Waals surface area contributed by atoms with E-state index in [-0.39, 0.29) is 19.3 Å². The first-order valence-corrected chi connectivity index (χ1v) is 13.2. The maximum Gasteiger partial charge on any atom is 0.408 e. The lowest BCUT2D eigenvalue weighted by atomic mass is 10.0. The van der Waals surface area contributed by atoms with Gasteiger partial charge in [-0.05, 0) is 31.9 Å². The highest BCUT2D eigenvalue weighted by atomic mass is 16.6. The molecule has 0 unspecified atom stereocenters. The Balaban J connectivity index is 1.84. The van der Waals surface area contributed by atoms with E-state index in [0.29, 0.717) is 5.69 Å². The zero-order chi connectivity index (χ0) is 30.0. The van der Waals surface area contributed by atoms with Crippen molar-refractivity contribution < 1.29 is 28.7 Å². The van der Waals surface area contributed by atoms with Crippen LogP contribution in [0.4, 0.5) is 4.79 Å². The van der Waals surface area contributed by atoms with Gasteiger partial charge in [0, 0.05) is 25.5 Å².